The third-order valence-electron chi connectivity index (χ3n) is 4.76. The van der Waals surface area contributed by atoms with Crippen molar-refractivity contribution in [3.63, 3.8) is 0 Å². The van der Waals surface area contributed by atoms with Gasteiger partial charge in [0, 0.05) is 26.2 Å². The molecule has 27 heavy (non-hydrogen) atoms. The van der Waals surface area contributed by atoms with E-state index in [1.807, 2.05) is 13.8 Å². The zero-order valence-corrected chi connectivity index (χ0v) is 15.5. The molecule has 1 atom stereocenters. The molecule has 0 unspecified atom stereocenters. The van der Waals surface area contributed by atoms with Gasteiger partial charge in [-0.05, 0) is 35.7 Å². The molecule has 0 radical (unpaired) electrons. The first kappa shape index (κ1) is 18.9. The zero-order chi connectivity index (χ0) is 19.4. The predicted octanol–water partition coefficient (Wildman–Crippen LogP) is 3.28. The van der Waals surface area contributed by atoms with Crippen molar-refractivity contribution >= 4 is 11.9 Å². The van der Waals surface area contributed by atoms with Crippen LogP contribution in [0.25, 0.3) is 0 Å². The van der Waals surface area contributed by atoms with E-state index in [0.717, 1.165) is 5.56 Å². The van der Waals surface area contributed by atoms with Crippen LogP contribution in [0.15, 0.2) is 47.1 Å². The van der Waals surface area contributed by atoms with Crippen LogP contribution in [0, 0.1) is 11.7 Å². The number of carbonyl (C=O) groups excluding carboxylic acids is 2. The molecule has 2 heterocycles. The van der Waals surface area contributed by atoms with Crippen LogP contribution < -0.4 is 5.32 Å². The lowest BCUT2D eigenvalue weighted by Gasteiger charge is -2.35. The van der Waals surface area contributed by atoms with Gasteiger partial charge in [-0.1, -0.05) is 26.0 Å². The Morgan fingerprint density at radius 2 is 1.67 bits per heavy atom. The smallest absolute Gasteiger partial charge is 0.318 e. The first-order valence-electron chi connectivity index (χ1n) is 9.09. The molecule has 1 fully saturated rings. The summed E-state index contributed by atoms with van der Waals surface area (Å²) in [5, 5.41) is 3.04. The fourth-order valence-corrected chi connectivity index (χ4v) is 3.20. The number of piperazine rings is 1. The van der Waals surface area contributed by atoms with E-state index in [1.54, 1.807) is 34.1 Å². The topological polar surface area (TPSA) is 65.8 Å². The van der Waals surface area contributed by atoms with Gasteiger partial charge >= 0.3 is 6.03 Å². The van der Waals surface area contributed by atoms with E-state index in [0.29, 0.717) is 31.9 Å². The number of carbonyl (C=O) groups is 2. The lowest BCUT2D eigenvalue weighted by Crippen LogP contribution is -2.53. The van der Waals surface area contributed by atoms with Gasteiger partial charge in [-0.15, -0.1) is 0 Å². The number of furan rings is 1. The first-order chi connectivity index (χ1) is 13.0. The standard InChI is InChI=1S/C20H24FN3O3/c1-14(2)18(15-5-7-16(21)8-6-15)22-20(26)24-11-9-23(10-12-24)19(25)17-4-3-13-27-17/h3-8,13-14,18H,9-12H2,1-2H3,(H,22,26)/t18-/m0/s1. The van der Waals surface area contributed by atoms with Crippen molar-refractivity contribution in [2.75, 3.05) is 26.2 Å². The van der Waals surface area contributed by atoms with Crippen molar-refractivity contribution in [3.8, 4) is 0 Å². The number of urea groups is 1. The molecule has 6 nitrogen and oxygen atoms in total. The molecule has 1 aliphatic heterocycles. The minimum atomic E-state index is -0.301. The zero-order valence-electron chi connectivity index (χ0n) is 15.5. The van der Waals surface area contributed by atoms with Crippen molar-refractivity contribution in [2.24, 2.45) is 5.92 Å². The van der Waals surface area contributed by atoms with Crippen molar-refractivity contribution in [1.29, 1.82) is 0 Å². The number of rotatable bonds is 4. The normalized spacial score (nSPS) is 15.7. The molecule has 0 bridgehead atoms. The summed E-state index contributed by atoms with van der Waals surface area (Å²) in [6.07, 6.45) is 1.47. The number of halogens is 1. The predicted molar refractivity (Wildman–Crippen MR) is 98.7 cm³/mol. The highest BCUT2D eigenvalue weighted by molar-refractivity contribution is 5.91. The third kappa shape index (κ3) is 4.48. The summed E-state index contributed by atoms with van der Waals surface area (Å²) in [6, 6.07) is 9.12. The van der Waals surface area contributed by atoms with E-state index < -0.39 is 0 Å². The van der Waals surface area contributed by atoms with Crippen molar-refractivity contribution in [3.05, 3.63) is 59.8 Å². The van der Waals surface area contributed by atoms with Gasteiger partial charge in [0.2, 0.25) is 0 Å². The molecule has 1 N–H and O–H groups in total. The molecule has 1 aliphatic rings. The Morgan fingerprint density at radius 3 is 2.22 bits per heavy atom. The molecular formula is C20H24FN3O3. The molecule has 3 amide bonds. The van der Waals surface area contributed by atoms with Crippen LogP contribution in [-0.4, -0.2) is 47.9 Å². The number of hydrogen-bond donors (Lipinski definition) is 1. The summed E-state index contributed by atoms with van der Waals surface area (Å²) in [4.78, 5) is 28.4. The van der Waals surface area contributed by atoms with Gasteiger partial charge in [0.15, 0.2) is 5.76 Å². The quantitative estimate of drug-likeness (QED) is 0.894. The molecule has 0 spiro atoms. The maximum atomic E-state index is 13.2. The highest BCUT2D eigenvalue weighted by Crippen LogP contribution is 2.22. The van der Waals surface area contributed by atoms with Crippen LogP contribution in [-0.2, 0) is 0 Å². The van der Waals surface area contributed by atoms with Gasteiger partial charge in [-0.2, -0.15) is 0 Å². The van der Waals surface area contributed by atoms with Crippen molar-refractivity contribution in [2.45, 2.75) is 19.9 Å². The number of amides is 3. The lowest BCUT2D eigenvalue weighted by atomic mass is 9.96. The number of benzene rings is 1. The average molecular weight is 373 g/mol. The van der Waals surface area contributed by atoms with E-state index in [2.05, 4.69) is 5.32 Å². The van der Waals surface area contributed by atoms with E-state index >= 15 is 0 Å². The lowest BCUT2D eigenvalue weighted by molar-refractivity contribution is 0.0631. The van der Waals surface area contributed by atoms with Gasteiger partial charge in [0.25, 0.3) is 5.91 Å². The Bertz CT molecular complexity index is 766. The third-order valence-corrected chi connectivity index (χ3v) is 4.76. The Labute approximate surface area is 157 Å². The Morgan fingerprint density at radius 1 is 1.04 bits per heavy atom. The summed E-state index contributed by atoms with van der Waals surface area (Å²) in [5.74, 6) is 0.00155. The van der Waals surface area contributed by atoms with Crippen LogP contribution in [0.3, 0.4) is 0 Å². The molecule has 0 saturated carbocycles. The SMILES string of the molecule is CC(C)[C@H](NC(=O)N1CCN(C(=O)c2ccco2)CC1)c1ccc(F)cc1. The van der Waals surface area contributed by atoms with E-state index in [1.165, 1.54) is 18.4 Å². The summed E-state index contributed by atoms with van der Waals surface area (Å²) in [6.45, 7) is 5.83. The van der Waals surface area contributed by atoms with Gasteiger partial charge in [-0.3, -0.25) is 4.79 Å². The van der Waals surface area contributed by atoms with Crippen LogP contribution >= 0.6 is 0 Å². The van der Waals surface area contributed by atoms with Gasteiger partial charge in [-0.25, -0.2) is 9.18 Å². The van der Waals surface area contributed by atoms with Crippen molar-refractivity contribution < 1.29 is 18.4 Å². The summed E-state index contributed by atoms with van der Waals surface area (Å²) >= 11 is 0. The van der Waals surface area contributed by atoms with Crippen LogP contribution in [0.2, 0.25) is 0 Å². The molecule has 144 valence electrons. The molecule has 0 aliphatic carbocycles. The second-order valence-corrected chi connectivity index (χ2v) is 6.98. The molecule has 1 saturated heterocycles. The highest BCUT2D eigenvalue weighted by Gasteiger charge is 2.28. The fraction of sp³-hybridized carbons (Fsp3) is 0.400. The average Bonchev–Trinajstić information content (AvgIpc) is 3.21. The van der Waals surface area contributed by atoms with Crippen LogP contribution in [0.5, 0.6) is 0 Å². The molecule has 7 heteroatoms. The Kier molecular flexibility index (Phi) is 5.78. The Hall–Kier alpha value is -2.83. The molecule has 1 aromatic heterocycles. The summed E-state index contributed by atoms with van der Waals surface area (Å²) in [7, 11) is 0. The maximum absolute atomic E-state index is 13.2. The minimum Gasteiger partial charge on any atom is -0.459 e. The van der Waals surface area contributed by atoms with Gasteiger partial charge < -0.3 is 19.5 Å². The van der Waals surface area contributed by atoms with E-state index in [4.69, 9.17) is 4.42 Å². The largest absolute Gasteiger partial charge is 0.459 e. The summed E-state index contributed by atoms with van der Waals surface area (Å²) in [5.41, 5.74) is 0.867. The molecule has 2 aromatic rings. The minimum absolute atomic E-state index is 0.154. The second-order valence-electron chi connectivity index (χ2n) is 6.98. The Balaban J connectivity index is 1.58. The fourth-order valence-electron chi connectivity index (χ4n) is 3.20. The highest BCUT2D eigenvalue weighted by atomic mass is 19.1. The van der Waals surface area contributed by atoms with Crippen LogP contribution in [0.1, 0.15) is 36.0 Å². The van der Waals surface area contributed by atoms with Gasteiger partial charge in [0.05, 0.1) is 12.3 Å². The first-order valence-corrected chi connectivity index (χ1v) is 9.09. The molecule has 1 aromatic carbocycles. The van der Waals surface area contributed by atoms with Gasteiger partial charge in [0.1, 0.15) is 5.82 Å². The maximum Gasteiger partial charge on any atom is 0.318 e. The molecule has 3 rings (SSSR count). The second kappa shape index (κ2) is 8.24. The number of hydrogen-bond acceptors (Lipinski definition) is 3. The van der Waals surface area contributed by atoms with Crippen LogP contribution in [0.4, 0.5) is 9.18 Å². The van der Waals surface area contributed by atoms with Crippen molar-refractivity contribution in [1.82, 2.24) is 15.1 Å². The number of nitrogens with zero attached hydrogens (tertiary/aromatic N) is 2. The van der Waals surface area contributed by atoms with E-state index in [9.17, 15) is 14.0 Å². The monoisotopic (exact) mass is 373 g/mol. The van der Waals surface area contributed by atoms with E-state index in [-0.39, 0.29) is 29.7 Å². The summed E-state index contributed by atoms with van der Waals surface area (Å²) < 4.78 is 18.3. The number of nitrogens with one attached hydrogen (secondary N) is 1. The molecular weight excluding hydrogens is 349 g/mol.